The minimum Gasteiger partial charge on any atom is -0.497 e. The van der Waals surface area contributed by atoms with Gasteiger partial charge in [0.15, 0.2) is 5.43 Å². The molecule has 0 saturated carbocycles. The maximum atomic E-state index is 14.4. The summed E-state index contributed by atoms with van der Waals surface area (Å²) in [6.45, 7) is 2.46. The Morgan fingerprint density at radius 1 is 1.04 bits per heavy atom. The molecule has 0 atom stereocenters. The van der Waals surface area contributed by atoms with E-state index in [-0.39, 0.29) is 5.39 Å². The molecule has 26 heavy (non-hydrogen) atoms. The van der Waals surface area contributed by atoms with Crippen molar-refractivity contribution < 1.29 is 18.6 Å². The summed E-state index contributed by atoms with van der Waals surface area (Å²) >= 11 is 0. The molecule has 3 rings (SSSR count). The summed E-state index contributed by atoms with van der Waals surface area (Å²) in [6.07, 6.45) is 2.36. The molecule has 2 aromatic carbocycles. The fourth-order valence-electron chi connectivity index (χ4n) is 2.82. The molecule has 0 fully saturated rings. The molecule has 1 aromatic heterocycles. The molecule has 0 aliphatic rings. The molecule has 1 N–H and O–H groups in total. The van der Waals surface area contributed by atoms with Crippen LogP contribution in [0.4, 0.5) is 4.39 Å². The summed E-state index contributed by atoms with van der Waals surface area (Å²) in [5, 5.41) is -0.0334. The molecule has 5 nitrogen and oxygen atoms in total. The smallest absolute Gasteiger partial charge is 0.200 e. The molecule has 136 valence electrons. The van der Waals surface area contributed by atoms with E-state index in [1.807, 2.05) is 6.92 Å². The molecule has 0 amide bonds. The molecule has 1 heterocycles. The maximum absolute atomic E-state index is 14.4. The van der Waals surface area contributed by atoms with Crippen molar-refractivity contribution >= 4 is 10.9 Å². The lowest BCUT2D eigenvalue weighted by molar-refractivity contribution is 0.320. The second-order valence-electron chi connectivity index (χ2n) is 5.74. The summed E-state index contributed by atoms with van der Waals surface area (Å²) in [5.74, 6) is 0.922. The Bertz CT molecular complexity index is 997. The van der Waals surface area contributed by atoms with Crippen molar-refractivity contribution in [2.24, 2.45) is 0 Å². The van der Waals surface area contributed by atoms with Crippen molar-refractivity contribution in [1.29, 1.82) is 0 Å². The third-order valence-corrected chi connectivity index (χ3v) is 4.11. The number of hydrogen-bond acceptors (Lipinski definition) is 4. The van der Waals surface area contributed by atoms with Crippen molar-refractivity contribution in [2.75, 3.05) is 20.8 Å². The number of aromatic nitrogens is 1. The maximum Gasteiger partial charge on any atom is 0.200 e. The quantitative estimate of drug-likeness (QED) is 0.720. The van der Waals surface area contributed by atoms with E-state index in [1.54, 1.807) is 31.5 Å². The van der Waals surface area contributed by atoms with Crippen molar-refractivity contribution in [2.45, 2.75) is 13.3 Å². The number of halogens is 1. The Balaban J connectivity index is 2.22. The third kappa shape index (κ3) is 3.10. The highest BCUT2D eigenvalue weighted by atomic mass is 19.1. The van der Waals surface area contributed by atoms with Crippen LogP contribution >= 0.6 is 0 Å². The third-order valence-electron chi connectivity index (χ3n) is 4.11. The molecule has 0 unspecified atom stereocenters. The van der Waals surface area contributed by atoms with E-state index in [1.165, 1.54) is 19.2 Å². The van der Waals surface area contributed by atoms with E-state index in [2.05, 4.69) is 4.98 Å². The standard InChI is InChI=1S/C20H20FNO4/c1-4-9-26-16-8-7-15(21)18-19(16)22-11-14(20(18)23)13-6-5-12(24-2)10-17(13)25-3/h5-8,10-11H,4,9H2,1-3H3,(H,22,23). The van der Waals surface area contributed by atoms with E-state index in [9.17, 15) is 9.18 Å². The first-order valence-corrected chi connectivity index (χ1v) is 8.29. The average Bonchev–Trinajstić information content (AvgIpc) is 2.67. The Hall–Kier alpha value is -3.02. The Labute approximate surface area is 150 Å². The fraction of sp³-hybridized carbons (Fsp3) is 0.250. The topological polar surface area (TPSA) is 60.6 Å². The van der Waals surface area contributed by atoms with Gasteiger partial charge in [0, 0.05) is 23.4 Å². The zero-order chi connectivity index (χ0) is 18.7. The van der Waals surface area contributed by atoms with E-state index >= 15 is 0 Å². The number of aromatic amines is 1. The van der Waals surface area contributed by atoms with Crippen LogP contribution < -0.4 is 19.6 Å². The first-order chi connectivity index (χ1) is 12.6. The van der Waals surface area contributed by atoms with Gasteiger partial charge in [-0.3, -0.25) is 4.79 Å². The van der Waals surface area contributed by atoms with Crippen LogP contribution in [0.1, 0.15) is 13.3 Å². The van der Waals surface area contributed by atoms with Gasteiger partial charge in [0.05, 0.1) is 31.7 Å². The predicted octanol–water partition coefficient (Wildman–Crippen LogP) is 4.14. The molecule has 0 aliphatic carbocycles. The number of rotatable bonds is 6. The Morgan fingerprint density at radius 2 is 1.85 bits per heavy atom. The van der Waals surface area contributed by atoms with Crippen LogP contribution in [0.25, 0.3) is 22.0 Å². The summed E-state index contributed by atoms with van der Waals surface area (Å²) in [5.41, 5.74) is 0.778. The lowest BCUT2D eigenvalue weighted by Gasteiger charge is -2.12. The lowest BCUT2D eigenvalue weighted by atomic mass is 10.0. The van der Waals surface area contributed by atoms with Gasteiger partial charge in [-0.25, -0.2) is 4.39 Å². The van der Waals surface area contributed by atoms with Crippen molar-refractivity contribution in [3.8, 4) is 28.4 Å². The number of methoxy groups -OCH3 is 2. The summed E-state index contributed by atoms with van der Waals surface area (Å²) in [6, 6.07) is 7.88. The second-order valence-corrected chi connectivity index (χ2v) is 5.74. The number of ether oxygens (including phenoxy) is 3. The van der Waals surface area contributed by atoms with Gasteiger partial charge in [0.1, 0.15) is 23.1 Å². The van der Waals surface area contributed by atoms with Gasteiger partial charge in [-0.1, -0.05) is 6.92 Å². The van der Waals surface area contributed by atoms with Gasteiger partial charge < -0.3 is 19.2 Å². The molecule has 0 aliphatic heterocycles. The Kier molecular flexibility index (Phi) is 5.11. The van der Waals surface area contributed by atoms with Crippen LogP contribution in [0.2, 0.25) is 0 Å². The number of pyridine rings is 1. The lowest BCUT2D eigenvalue weighted by Crippen LogP contribution is -2.10. The van der Waals surface area contributed by atoms with Gasteiger partial charge >= 0.3 is 0 Å². The van der Waals surface area contributed by atoms with Crippen molar-refractivity contribution in [1.82, 2.24) is 4.98 Å². The number of hydrogen-bond donors (Lipinski definition) is 1. The number of nitrogens with one attached hydrogen (secondary N) is 1. The Morgan fingerprint density at radius 3 is 2.54 bits per heavy atom. The van der Waals surface area contributed by atoms with Gasteiger partial charge in [-0.15, -0.1) is 0 Å². The first kappa shape index (κ1) is 17.8. The second kappa shape index (κ2) is 7.47. The highest BCUT2D eigenvalue weighted by molar-refractivity contribution is 5.89. The molecule has 3 aromatic rings. The highest BCUT2D eigenvalue weighted by Crippen LogP contribution is 2.33. The van der Waals surface area contributed by atoms with Crippen LogP contribution in [-0.4, -0.2) is 25.8 Å². The van der Waals surface area contributed by atoms with Gasteiger partial charge in [-0.05, 0) is 30.7 Å². The zero-order valence-electron chi connectivity index (χ0n) is 14.9. The molecular weight excluding hydrogens is 337 g/mol. The monoisotopic (exact) mass is 357 g/mol. The van der Waals surface area contributed by atoms with Crippen LogP contribution in [0.3, 0.4) is 0 Å². The first-order valence-electron chi connectivity index (χ1n) is 8.29. The minimum atomic E-state index is -0.598. The largest absolute Gasteiger partial charge is 0.497 e. The zero-order valence-corrected chi connectivity index (χ0v) is 14.9. The van der Waals surface area contributed by atoms with Crippen LogP contribution in [0.5, 0.6) is 17.2 Å². The fourth-order valence-corrected chi connectivity index (χ4v) is 2.82. The van der Waals surface area contributed by atoms with E-state index < -0.39 is 11.2 Å². The van der Waals surface area contributed by atoms with Crippen LogP contribution in [-0.2, 0) is 0 Å². The van der Waals surface area contributed by atoms with Gasteiger partial charge in [0.2, 0.25) is 0 Å². The summed E-state index contributed by atoms with van der Waals surface area (Å²) in [4.78, 5) is 16.0. The number of fused-ring (bicyclic) bond motifs is 1. The average molecular weight is 357 g/mol. The molecule has 0 saturated heterocycles. The predicted molar refractivity (Wildman–Crippen MR) is 98.9 cm³/mol. The highest BCUT2D eigenvalue weighted by Gasteiger charge is 2.17. The number of benzene rings is 2. The normalized spacial score (nSPS) is 10.8. The molecule has 0 bridgehead atoms. The summed E-state index contributed by atoms with van der Waals surface area (Å²) < 4.78 is 30.6. The van der Waals surface area contributed by atoms with Gasteiger partial charge in [0.25, 0.3) is 0 Å². The molecule has 0 spiro atoms. The van der Waals surface area contributed by atoms with E-state index in [0.29, 0.717) is 40.5 Å². The van der Waals surface area contributed by atoms with Crippen LogP contribution in [0.15, 0.2) is 41.3 Å². The molecule has 0 radical (unpaired) electrons. The van der Waals surface area contributed by atoms with E-state index in [0.717, 1.165) is 6.42 Å². The summed E-state index contributed by atoms with van der Waals surface area (Å²) in [7, 11) is 3.05. The number of H-pyrrole nitrogens is 1. The van der Waals surface area contributed by atoms with Crippen molar-refractivity contribution in [3.63, 3.8) is 0 Å². The minimum absolute atomic E-state index is 0.0334. The van der Waals surface area contributed by atoms with Gasteiger partial charge in [-0.2, -0.15) is 0 Å². The molecule has 6 heteroatoms. The van der Waals surface area contributed by atoms with Crippen LogP contribution in [0, 0.1) is 5.82 Å². The van der Waals surface area contributed by atoms with E-state index in [4.69, 9.17) is 14.2 Å². The van der Waals surface area contributed by atoms with Crippen molar-refractivity contribution in [3.05, 3.63) is 52.6 Å². The molecular formula is C20H20FNO4. The SMILES string of the molecule is CCCOc1ccc(F)c2c(=O)c(-c3ccc(OC)cc3OC)c[nH]c12.